The van der Waals surface area contributed by atoms with E-state index in [1.807, 2.05) is 7.05 Å². The Morgan fingerprint density at radius 1 is 1.50 bits per heavy atom. The fraction of sp³-hybridized carbons (Fsp3) is 1.00. The maximum Gasteiger partial charge on any atom is 0.0693 e. The van der Waals surface area contributed by atoms with Crippen molar-refractivity contribution < 1.29 is 5.11 Å². The lowest BCUT2D eigenvalue weighted by Crippen LogP contribution is -2.50. The lowest BCUT2D eigenvalue weighted by Gasteiger charge is -2.41. The first-order valence-corrected chi connectivity index (χ1v) is 6.44. The van der Waals surface area contributed by atoms with E-state index < -0.39 is 0 Å². The molecule has 16 heavy (non-hydrogen) atoms. The molecule has 3 heteroatoms. The summed E-state index contributed by atoms with van der Waals surface area (Å²) in [5.41, 5.74) is 0.245. The largest absolute Gasteiger partial charge is 0.392 e. The molecule has 1 aliphatic heterocycles. The van der Waals surface area contributed by atoms with Gasteiger partial charge in [0.25, 0.3) is 0 Å². The molecule has 3 nitrogen and oxygen atoms in total. The normalized spacial score (nSPS) is 30.4. The second-order valence-corrected chi connectivity index (χ2v) is 6.07. The smallest absolute Gasteiger partial charge is 0.0693 e. The molecule has 3 atom stereocenters. The summed E-state index contributed by atoms with van der Waals surface area (Å²) in [6.45, 7) is 12.0. The van der Waals surface area contributed by atoms with Crippen LogP contribution in [-0.4, -0.2) is 48.8 Å². The van der Waals surface area contributed by atoms with E-state index in [1.54, 1.807) is 0 Å². The van der Waals surface area contributed by atoms with Crippen molar-refractivity contribution in [2.45, 2.75) is 46.3 Å². The number of nitrogens with zero attached hydrogens (tertiary/aromatic N) is 1. The quantitative estimate of drug-likeness (QED) is 0.762. The minimum atomic E-state index is -0.144. The molecule has 0 aromatic rings. The summed E-state index contributed by atoms with van der Waals surface area (Å²) in [5, 5.41) is 13.2. The van der Waals surface area contributed by atoms with Gasteiger partial charge >= 0.3 is 0 Å². The SMILES string of the molecule is CNC(C)C(C)(C)CN1CCC(C)C(O)C1. The molecule has 0 saturated carbocycles. The highest BCUT2D eigenvalue weighted by atomic mass is 16.3. The Labute approximate surface area is 100 Å². The zero-order chi connectivity index (χ0) is 12.3. The van der Waals surface area contributed by atoms with Crippen molar-refractivity contribution in [3.63, 3.8) is 0 Å². The van der Waals surface area contributed by atoms with Gasteiger partial charge < -0.3 is 15.3 Å². The fourth-order valence-electron chi connectivity index (χ4n) is 2.36. The number of aliphatic hydroxyl groups is 1. The molecular formula is C13H28N2O. The highest BCUT2D eigenvalue weighted by Gasteiger charge is 2.31. The Bertz CT molecular complexity index is 218. The van der Waals surface area contributed by atoms with Gasteiger partial charge in [0.1, 0.15) is 0 Å². The molecule has 96 valence electrons. The number of rotatable bonds is 4. The van der Waals surface area contributed by atoms with E-state index >= 15 is 0 Å². The topological polar surface area (TPSA) is 35.5 Å². The third-order valence-electron chi connectivity index (χ3n) is 4.24. The Kier molecular flexibility index (Phi) is 4.77. The van der Waals surface area contributed by atoms with Crippen LogP contribution in [0.3, 0.4) is 0 Å². The summed E-state index contributed by atoms with van der Waals surface area (Å²) in [5.74, 6) is 0.459. The number of hydrogen-bond donors (Lipinski definition) is 2. The Morgan fingerprint density at radius 2 is 2.12 bits per heavy atom. The molecule has 0 amide bonds. The summed E-state index contributed by atoms with van der Waals surface area (Å²) >= 11 is 0. The average molecular weight is 228 g/mol. The predicted octanol–water partition coefficient (Wildman–Crippen LogP) is 1.32. The van der Waals surface area contributed by atoms with E-state index in [9.17, 15) is 5.11 Å². The van der Waals surface area contributed by atoms with Crippen molar-refractivity contribution in [3.8, 4) is 0 Å². The Morgan fingerprint density at radius 3 is 2.62 bits per heavy atom. The van der Waals surface area contributed by atoms with Crippen molar-refractivity contribution >= 4 is 0 Å². The number of aliphatic hydroxyl groups excluding tert-OH is 1. The second kappa shape index (κ2) is 5.48. The summed E-state index contributed by atoms with van der Waals surface area (Å²) in [6, 6.07) is 0.490. The van der Waals surface area contributed by atoms with Crippen molar-refractivity contribution in [1.29, 1.82) is 0 Å². The maximum atomic E-state index is 9.88. The van der Waals surface area contributed by atoms with Gasteiger partial charge in [-0.2, -0.15) is 0 Å². The molecule has 0 radical (unpaired) electrons. The molecule has 1 aliphatic rings. The van der Waals surface area contributed by atoms with Crippen LogP contribution in [0.15, 0.2) is 0 Å². The van der Waals surface area contributed by atoms with Gasteiger partial charge in [0.2, 0.25) is 0 Å². The number of β-amino-alcohol motifs (C(OH)–C–C–N with tert-alkyl or cyclic N) is 1. The minimum Gasteiger partial charge on any atom is -0.392 e. The Hall–Kier alpha value is -0.120. The Balaban J connectivity index is 2.48. The van der Waals surface area contributed by atoms with Crippen LogP contribution >= 0.6 is 0 Å². The van der Waals surface area contributed by atoms with Crippen LogP contribution in [0.25, 0.3) is 0 Å². The van der Waals surface area contributed by atoms with Gasteiger partial charge in [-0.05, 0) is 38.3 Å². The lowest BCUT2D eigenvalue weighted by atomic mass is 9.83. The number of nitrogens with one attached hydrogen (secondary N) is 1. The zero-order valence-corrected chi connectivity index (χ0v) is 11.5. The maximum absolute atomic E-state index is 9.88. The molecule has 0 bridgehead atoms. The summed E-state index contributed by atoms with van der Waals surface area (Å²) in [6.07, 6.45) is 0.972. The fourth-order valence-corrected chi connectivity index (χ4v) is 2.36. The summed E-state index contributed by atoms with van der Waals surface area (Å²) in [7, 11) is 2.01. The average Bonchev–Trinajstić information content (AvgIpc) is 2.22. The molecule has 0 spiro atoms. The first-order chi connectivity index (χ1) is 7.36. The van der Waals surface area contributed by atoms with Gasteiger partial charge in [-0.3, -0.25) is 0 Å². The minimum absolute atomic E-state index is 0.144. The molecule has 0 aliphatic carbocycles. The molecule has 1 saturated heterocycles. The molecule has 0 aromatic carbocycles. The summed E-state index contributed by atoms with van der Waals surface area (Å²) in [4.78, 5) is 2.40. The van der Waals surface area contributed by atoms with E-state index in [1.165, 1.54) is 0 Å². The third kappa shape index (κ3) is 3.44. The van der Waals surface area contributed by atoms with Crippen molar-refractivity contribution in [2.75, 3.05) is 26.7 Å². The van der Waals surface area contributed by atoms with Gasteiger partial charge in [-0.15, -0.1) is 0 Å². The first kappa shape index (κ1) is 13.9. The van der Waals surface area contributed by atoms with Crippen LogP contribution in [0.5, 0.6) is 0 Å². The van der Waals surface area contributed by atoms with E-state index in [4.69, 9.17) is 0 Å². The second-order valence-electron chi connectivity index (χ2n) is 6.07. The van der Waals surface area contributed by atoms with Crippen LogP contribution in [0.1, 0.15) is 34.1 Å². The number of likely N-dealkylation sites (tertiary alicyclic amines) is 1. The van der Waals surface area contributed by atoms with E-state index in [0.29, 0.717) is 12.0 Å². The van der Waals surface area contributed by atoms with E-state index in [2.05, 4.69) is 37.9 Å². The van der Waals surface area contributed by atoms with Crippen LogP contribution in [0, 0.1) is 11.3 Å². The van der Waals surface area contributed by atoms with E-state index in [-0.39, 0.29) is 11.5 Å². The monoisotopic (exact) mass is 228 g/mol. The van der Waals surface area contributed by atoms with Gasteiger partial charge in [-0.25, -0.2) is 0 Å². The zero-order valence-electron chi connectivity index (χ0n) is 11.5. The molecule has 1 fully saturated rings. The molecular weight excluding hydrogens is 200 g/mol. The molecule has 3 unspecified atom stereocenters. The summed E-state index contributed by atoms with van der Waals surface area (Å²) < 4.78 is 0. The van der Waals surface area contributed by atoms with Gasteiger partial charge in [0.05, 0.1) is 6.10 Å². The van der Waals surface area contributed by atoms with Crippen LogP contribution in [0.4, 0.5) is 0 Å². The lowest BCUT2D eigenvalue weighted by molar-refractivity contribution is 0.0103. The van der Waals surface area contributed by atoms with Crippen LogP contribution < -0.4 is 5.32 Å². The van der Waals surface area contributed by atoms with Gasteiger partial charge in [0, 0.05) is 19.1 Å². The van der Waals surface area contributed by atoms with Crippen molar-refractivity contribution in [3.05, 3.63) is 0 Å². The van der Waals surface area contributed by atoms with E-state index in [0.717, 1.165) is 26.1 Å². The first-order valence-electron chi connectivity index (χ1n) is 6.44. The van der Waals surface area contributed by atoms with Gasteiger partial charge in [-0.1, -0.05) is 20.8 Å². The predicted molar refractivity (Wildman–Crippen MR) is 68.5 cm³/mol. The number of hydrogen-bond acceptors (Lipinski definition) is 3. The standard InChI is InChI=1S/C13H28N2O/c1-10-6-7-15(8-12(10)16)9-13(3,4)11(2)14-5/h10-12,14,16H,6-9H2,1-5H3. The van der Waals surface area contributed by atoms with Crippen molar-refractivity contribution in [1.82, 2.24) is 10.2 Å². The van der Waals surface area contributed by atoms with Crippen molar-refractivity contribution in [2.24, 2.45) is 11.3 Å². The van der Waals surface area contributed by atoms with Gasteiger partial charge in [0.15, 0.2) is 0 Å². The molecule has 2 N–H and O–H groups in total. The highest BCUT2D eigenvalue weighted by Crippen LogP contribution is 2.25. The highest BCUT2D eigenvalue weighted by molar-refractivity contribution is 4.86. The molecule has 0 aromatic heterocycles. The number of piperidine rings is 1. The molecule has 1 heterocycles. The van der Waals surface area contributed by atoms with Crippen LogP contribution in [0.2, 0.25) is 0 Å². The molecule has 1 rings (SSSR count). The third-order valence-corrected chi connectivity index (χ3v) is 4.24. The van der Waals surface area contributed by atoms with Crippen LogP contribution in [-0.2, 0) is 0 Å².